The first-order chi connectivity index (χ1) is 10.0. The second-order valence-corrected chi connectivity index (χ2v) is 5.28. The summed E-state index contributed by atoms with van der Waals surface area (Å²) in [5.41, 5.74) is 3.57. The van der Waals surface area contributed by atoms with Crippen molar-refractivity contribution in [1.82, 2.24) is 9.78 Å². The Kier molecular flexibility index (Phi) is 3.53. The first-order valence-electron chi connectivity index (χ1n) is 6.86. The molecule has 1 aliphatic rings. The van der Waals surface area contributed by atoms with E-state index < -0.39 is 6.61 Å². The van der Waals surface area contributed by atoms with E-state index in [0.29, 0.717) is 5.56 Å². The molecule has 1 aliphatic heterocycles. The lowest BCUT2D eigenvalue weighted by Gasteiger charge is -2.28. The summed E-state index contributed by atoms with van der Waals surface area (Å²) in [6.45, 7) is -1.92. The van der Waals surface area contributed by atoms with Crippen LogP contribution in [0.25, 0.3) is 11.1 Å². The predicted octanol–water partition coefficient (Wildman–Crippen LogP) is 3.07. The van der Waals surface area contributed by atoms with Gasteiger partial charge in [0, 0.05) is 49.7 Å². The molecule has 0 spiro atoms. The van der Waals surface area contributed by atoms with E-state index in [4.69, 9.17) is 4.74 Å². The lowest BCUT2D eigenvalue weighted by molar-refractivity contribution is -0.0494. The monoisotopic (exact) mass is 293 g/mol. The molecule has 21 heavy (non-hydrogen) atoms. The summed E-state index contributed by atoms with van der Waals surface area (Å²) in [5, 5.41) is 4.10. The number of halogens is 2. The summed E-state index contributed by atoms with van der Waals surface area (Å²) >= 11 is 0. The third kappa shape index (κ3) is 2.70. The maximum atomic E-state index is 12.7. The molecule has 112 valence electrons. The first-order valence-corrected chi connectivity index (χ1v) is 6.86. The van der Waals surface area contributed by atoms with Crippen molar-refractivity contribution in [2.75, 3.05) is 18.5 Å². The fraction of sp³-hybridized carbons (Fsp3) is 0.400. The zero-order valence-corrected chi connectivity index (χ0v) is 12.0. The maximum absolute atomic E-state index is 12.7. The van der Waals surface area contributed by atoms with Crippen LogP contribution in [0.15, 0.2) is 24.5 Å². The quantitative estimate of drug-likeness (QED) is 0.871. The molecule has 0 amide bonds. The van der Waals surface area contributed by atoms with Gasteiger partial charge < -0.3 is 9.64 Å². The number of benzene rings is 1. The van der Waals surface area contributed by atoms with Crippen molar-refractivity contribution in [2.24, 2.45) is 7.05 Å². The van der Waals surface area contributed by atoms with E-state index in [1.807, 2.05) is 13.1 Å². The van der Waals surface area contributed by atoms with E-state index in [-0.39, 0.29) is 5.75 Å². The molecule has 0 atom stereocenters. The van der Waals surface area contributed by atoms with Gasteiger partial charge >= 0.3 is 6.61 Å². The summed E-state index contributed by atoms with van der Waals surface area (Å²) in [7, 11) is 3.76. The Morgan fingerprint density at radius 3 is 2.76 bits per heavy atom. The average Bonchev–Trinajstić information content (AvgIpc) is 2.85. The minimum Gasteiger partial charge on any atom is -0.434 e. The van der Waals surface area contributed by atoms with Crippen molar-refractivity contribution < 1.29 is 13.5 Å². The van der Waals surface area contributed by atoms with Crippen LogP contribution in [-0.4, -0.2) is 30.0 Å². The number of ether oxygens (including phenoxy) is 1. The van der Waals surface area contributed by atoms with Crippen molar-refractivity contribution >= 4 is 5.69 Å². The Hall–Kier alpha value is -2.11. The van der Waals surface area contributed by atoms with E-state index >= 15 is 0 Å². The van der Waals surface area contributed by atoms with Gasteiger partial charge in [0.15, 0.2) is 0 Å². The molecule has 0 aliphatic carbocycles. The molecule has 6 heteroatoms. The molecule has 0 saturated heterocycles. The number of aryl methyl sites for hydroxylation is 2. The van der Waals surface area contributed by atoms with Gasteiger partial charge in [-0.05, 0) is 24.5 Å². The van der Waals surface area contributed by atoms with Crippen molar-refractivity contribution in [1.29, 1.82) is 0 Å². The van der Waals surface area contributed by atoms with Crippen LogP contribution in [0.2, 0.25) is 0 Å². The molecule has 0 bridgehead atoms. The zero-order valence-electron chi connectivity index (χ0n) is 12.0. The van der Waals surface area contributed by atoms with E-state index in [0.717, 1.165) is 36.2 Å². The third-order valence-electron chi connectivity index (χ3n) is 3.76. The van der Waals surface area contributed by atoms with E-state index in [2.05, 4.69) is 10.00 Å². The Bertz CT molecular complexity index is 654. The first kappa shape index (κ1) is 13.9. The van der Waals surface area contributed by atoms with Gasteiger partial charge in [-0.3, -0.25) is 4.68 Å². The van der Waals surface area contributed by atoms with Crippen molar-refractivity contribution in [2.45, 2.75) is 19.5 Å². The van der Waals surface area contributed by atoms with Crippen LogP contribution >= 0.6 is 0 Å². The van der Waals surface area contributed by atoms with Crippen molar-refractivity contribution in [3.05, 3.63) is 30.1 Å². The van der Waals surface area contributed by atoms with Gasteiger partial charge in [-0.1, -0.05) is 0 Å². The van der Waals surface area contributed by atoms with E-state index in [1.165, 1.54) is 0 Å². The molecule has 1 aromatic carbocycles. The van der Waals surface area contributed by atoms with Crippen LogP contribution < -0.4 is 9.64 Å². The van der Waals surface area contributed by atoms with Crippen LogP contribution in [0, 0.1) is 0 Å². The number of nitrogens with zero attached hydrogens (tertiary/aromatic N) is 3. The number of fused-ring (bicyclic) bond motifs is 1. The Morgan fingerprint density at radius 2 is 2.10 bits per heavy atom. The zero-order chi connectivity index (χ0) is 15.0. The number of rotatable bonds is 3. The summed E-state index contributed by atoms with van der Waals surface area (Å²) in [6.07, 6.45) is 5.46. The summed E-state index contributed by atoms with van der Waals surface area (Å²) in [4.78, 5) is 2.07. The number of anilines is 1. The van der Waals surface area contributed by atoms with Gasteiger partial charge in [0.2, 0.25) is 0 Å². The smallest absolute Gasteiger partial charge is 0.387 e. The molecular formula is C15H17F2N3O. The maximum Gasteiger partial charge on any atom is 0.387 e. The van der Waals surface area contributed by atoms with Crippen molar-refractivity contribution in [3.8, 4) is 16.9 Å². The Labute approximate surface area is 121 Å². The van der Waals surface area contributed by atoms with Crippen LogP contribution in [0.1, 0.15) is 12.0 Å². The topological polar surface area (TPSA) is 30.3 Å². The molecule has 0 unspecified atom stereocenters. The van der Waals surface area contributed by atoms with Crippen LogP contribution in [0.4, 0.5) is 14.5 Å². The van der Waals surface area contributed by atoms with E-state index in [1.54, 1.807) is 30.2 Å². The highest BCUT2D eigenvalue weighted by atomic mass is 19.3. The Morgan fingerprint density at radius 1 is 1.29 bits per heavy atom. The lowest BCUT2D eigenvalue weighted by Crippen LogP contribution is -2.24. The number of hydrogen-bond donors (Lipinski definition) is 0. The molecule has 1 aromatic heterocycles. The molecular weight excluding hydrogens is 276 g/mol. The van der Waals surface area contributed by atoms with Gasteiger partial charge in [-0.2, -0.15) is 13.9 Å². The molecule has 0 N–H and O–H groups in total. The van der Waals surface area contributed by atoms with Crippen LogP contribution in [0.3, 0.4) is 0 Å². The minimum absolute atomic E-state index is 0.200. The molecule has 2 heterocycles. The lowest BCUT2D eigenvalue weighted by atomic mass is 9.97. The van der Waals surface area contributed by atoms with Gasteiger partial charge in [-0.15, -0.1) is 0 Å². The molecule has 3 rings (SSSR count). The Balaban J connectivity index is 2.12. The highest BCUT2D eigenvalue weighted by Crippen LogP contribution is 2.39. The molecule has 0 radical (unpaired) electrons. The summed E-state index contributed by atoms with van der Waals surface area (Å²) < 4.78 is 31.8. The highest BCUT2D eigenvalue weighted by molar-refractivity contribution is 5.75. The second kappa shape index (κ2) is 5.35. The highest BCUT2D eigenvalue weighted by Gasteiger charge is 2.20. The molecule has 0 saturated carbocycles. The molecule has 4 nitrogen and oxygen atoms in total. The standard InChI is InChI=1S/C15H17F2N3O/c1-19-5-3-4-10-6-12(11-8-18-20(2)9-11)14(7-13(10)19)21-15(16)17/h6-9,15H,3-5H2,1-2H3. The SMILES string of the molecule is CN1CCCc2cc(-c3cnn(C)c3)c(OC(F)F)cc21. The third-order valence-corrected chi connectivity index (χ3v) is 3.76. The largest absolute Gasteiger partial charge is 0.434 e. The van der Waals surface area contributed by atoms with Gasteiger partial charge in [0.05, 0.1) is 6.20 Å². The summed E-state index contributed by atoms with van der Waals surface area (Å²) in [6, 6.07) is 3.66. The number of alkyl halides is 2. The minimum atomic E-state index is -2.84. The van der Waals surface area contributed by atoms with Gasteiger partial charge in [0.25, 0.3) is 0 Å². The predicted molar refractivity (Wildman–Crippen MR) is 76.9 cm³/mol. The number of aromatic nitrogens is 2. The fourth-order valence-corrected chi connectivity index (χ4v) is 2.78. The molecule has 2 aromatic rings. The van der Waals surface area contributed by atoms with Gasteiger partial charge in [-0.25, -0.2) is 0 Å². The van der Waals surface area contributed by atoms with E-state index in [9.17, 15) is 8.78 Å². The van der Waals surface area contributed by atoms with Gasteiger partial charge in [0.1, 0.15) is 5.75 Å². The molecule has 0 fully saturated rings. The van der Waals surface area contributed by atoms with Crippen LogP contribution in [-0.2, 0) is 13.5 Å². The van der Waals surface area contributed by atoms with Crippen molar-refractivity contribution in [3.63, 3.8) is 0 Å². The second-order valence-electron chi connectivity index (χ2n) is 5.28. The number of hydrogen-bond acceptors (Lipinski definition) is 3. The fourth-order valence-electron chi connectivity index (χ4n) is 2.78. The normalized spacial score (nSPS) is 14.4. The van der Waals surface area contributed by atoms with Crippen LogP contribution in [0.5, 0.6) is 5.75 Å². The average molecular weight is 293 g/mol. The summed E-state index contributed by atoms with van der Waals surface area (Å²) in [5.74, 6) is 0.200.